The molecule has 0 aliphatic carbocycles. The Bertz CT molecular complexity index is 1090. The molecule has 3 aromatic rings. The molecule has 2 aromatic heterocycles. The Morgan fingerprint density at radius 2 is 1.84 bits per heavy atom. The molecule has 1 saturated heterocycles. The van der Waals surface area contributed by atoms with Crippen molar-refractivity contribution in [2.45, 2.75) is 17.1 Å². The van der Waals surface area contributed by atoms with Gasteiger partial charge in [-0.15, -0.1) is 0 Å². The number of amides is 1. The van der Waals surface area contributed by atoms with E-state index in [0.717, 1.165) is 5.56 Å². The molecule has 1 aromatic carbocycles. The van der Waals surface area contributed by atoms with E-state index in [9.17, 15) is 18.0 Å². The van der Waals surface area contributed by atoms with Crippen LogP contribution >= 0.6 is 23.4 Å². The summed E-state index contributed by atoms with van der Waals surface area (Å²) >= 11 is 5.51. The van der Waals surface area contributed by atoms with Crippen LogP contribution in [0.1, 0.15) is 16.2 Å². The van der Waals surface area contributed by atoms with Gasteiger partial charge in [-0.25, -0.2) is 4.98 Å². The third-order valence-electron chi connectivity index (χ3n) is 4.80. The molecule has 168 valence electrons. The minimum Gasteiger partial charge on any atom is -0.338 e. The fourth-order valence-corrected chi connectivity index (χ4v) is 3.97. The van der Waals surface area contributed by atoms with Crippen molar-refractivity contribution >= 4 is 29.3 Å². The second-order valence-electron chi connectivity index (χ2n) is 6.99. The van der Waals surface area contributed by atoms with Crippen molar-refractivity contribution in [2.24, 2.45) is 0 Å². The van der Waals surface area contributed by atoms with Gasteiger partial charge in [-0.2, -0.15) is 18.2 Å². The maximum absolute atomic E-state index is 12.8. The number of rotatable bonds is 5. The Hall–Kier alpha value is -2.63. The second-order valence-corrected chi connectivity index (χ2v) is 8.48. The standard InChI is InChI=1S/C20H17ClF3N5O2S/c21-14-5-3-13(4-6-14)17-26-16(31-27-17)12-28-8-10-29(11-9-28)19(30)15-2-1-7-25-18(15)32-20(22,23)24/h1-7H,8-12H2. The molecule has 0 radical (unpaired) electrons. The van der Waals surface area contributed by atoms with Crippen LogP contribution in [0.15, 0.2) is 52.1 Å². The third-order valence-corrected chi connectivity index (χ3v) is 5.80. The number of hydrogen-bond donors (Lipinski definition) is 0. The highest BCUT2D eigenvalue weighted by atomic mass is 35.5. The molecule has 0 saturated carbocycles. The predicted molar refractivity (Wildman–Crippen MR) is 112 cm³/mol. The Morgan fingerprint density at radius 3 is 2.53 bits per heavy atom. The lowest BCUT2D eigenvalue weighted by Crippen LogP contribution is -2.48. The van der Waals surface area contributed by atoms with Crippen LogP contribution in [0.5, 0.6) is 0 Å². The van der Waals surface area contributed by atoms with E-state index in [4.69, 9.17) is 16.1 Å². The molecule has 7 nitrogen and oxygen atoms in total. The number of alkyl halides is 3. The summed E-state index contributed by atoms with van der Waals surface area (Å²) in [6.45, 7) is 2.17. The summed E-state index contributed by atoms with van der Waals surface area (Å²) in [5, 5.41) is 4.25. The van der Waals surface area contributed by atoms with Gasteiger partial charge >= 0.3 is 5.51 Å². The van der Waals surface area contributed by atoms with Crippen LogP contribution in [0.25, 0.3) is 11.4 Å². The molecule has 3 heterocycles. The number of carbonyl (C=O) groups is 1. The average molecular weight is 484 g/mol. The Labute approximate surface area is 190 Å². The van der Waals surface area contributed by atoms with Crippen LogP contribution in [0, 0.1) is 0 Å². The van der Waals surface area contributed by atoms with Crippen molar-refractivity contribution in [3.8, 4) is 11.4 Å². The van der Waals surface area contributed by atoms with Gasteiger partial charge in [0.15, 0.2) is 0 Å². The molecule has 0 N–H and O–H groups in total. The van der Waals surface area contributed by atoms with Crippen molar-refractivity contribution in [2.75, 3.05) is 26.2 Å². The summed E-state index contributed by atoms with van der Waals surface area (Å²) in [5.41, 5.74) is -3.78. The lowest BCUT2D eigenvalue weighted by Gasteiger charge is -2.34. The molecule has 1 fully saturated rings. The molecule has 1 amide bonds. The summed E-state index contributed by atoms with van der Waals surface area (Å²) in [7, 11) is 0. The Morgan fingerprint density at radius 1 is 1.12 bits per heavy atom. The number of nitrogens with zero attached hydrogens (tertiary/aromatic N) is 5. The van der Waals surface area contributed by atoms with Gasteiger partial charge in [-0.1, -0.05) is 16.8 Å². The smallest absolute Gasteiger partial charge is 0.338 e. The average Bonchev–Trinajstić information content (AvgIpc) is 3.22. The molecule has 4 rings (SSSR count). The number of halogens is 4. The molecular formula is C20H17ClF3N5O2S. The van der Waals surface area contributed by atoms with Crippen LogP contribution in [0.2, 0.25) is 5.02 Å². The number of thioether (sulfide) groups is 1. The highest BCUT2D eigenvalue weighted by molar-refractivity contribution is 8.00. The van der Waals surface area contributed by atoms with E-state index < -0.39 is 11.4 Å². The first kappa shape index (κ1) is 22.6. The molecule has 0 atom stereocenters. The first-order valence-electron chi connectivity index (χ1n) is 9.59. The highest BCUT2D eigenvalue weighted by Crippen LogP contribution is 2.37. The van der Waals surface area contributed by atoms with Crippen LogP contribution in [-0.4, -0.2) is 62.5 Å². The first-order chi connectivity index (χ1) is 15.3. The van der Waals surface area contributed by atoms with Gasteiger partial charge < -0.3 is 9.42 Å². The van der Waals surface area contributed by atoms with Crippen LogP contribution in [0.4, 0.5) is 13.2 Å². The van der Waals surface area contributed by atoms with E-state index in [2.05, 4.69) is 15.1 Å². The molecule has 32 heavy (non-hydrogen) atoms. The van der Waals surface area contributed by atoms with E-state index >= 15 is 0 Å². The summed E-state index contributed by atoms with van der Waals surface area (Å²) in [5.74, 6) is 0.426. The van der Waals surface area contributed by atoms with Gasteiger partial charge in [0.1, 0.15) is 5.03 Å². The summed E-state index contributed by atoms with van der Waals surface area (Å²) in [4.78, 5) is 24.5. The van der Waals surface area contributed by atoms with E-state index in [-0.39, 0.29) is 22.4 Å². The Kier molecular flexibility index (Phi) is 6.68. The van der Waals surface area contributed by atoms with E-state index in [1.54, 1.807) is 24.3 Å². The zero-order chi connectivity index (χ0) is 22.7. The third kappa shape index (κ3) is 5.59. The van der Waals surface area contributed by atoms with Crippen LogP contribution in [0.3, 0.4) is 0 Å². The van der Waals surface area contributed by atoms with Crippen LogP contribution < -0.4 is 0 Å². The van der Waals surface area contributed by atoms with E-state index in [1.165, 1.54) is 23.2 Å². The van der Waals surface area contributed by atoms with Crippen molar-refractivity contribution in [1.82, 2.24) is 24.9 Å². The topological polar surface area (TPSA) is 75.4 Å². The summed E-state index contributed by atoms with van der Waals surface area (Å²) < 4.78 is 43.7. The Balaban J connectivity index is 1.35. The summed E-state index contributed by atoms with van der Waals surface area (Å²) in [6, 6.07) is 9.90. The van der Waals surface area contributed by atoms with E-state index in [0.29, 0.717) is 49.5 Å². The minimum atomic E-state index is -4.52. The predicted octanol–water partition coefficient (Wildman–Crippen LogP) is 4.35. The fourth-order valence-electron chi connectivity index (χ4n) is 3.25. The SMILES string of the molecule is O=C(c1cccnc1SC(F)(F)F)N1CCN(Cc2nc(-c3ccc(Cl)cc3)no2)CC1. The number of pyridine rings is 1. The van der Waals surface area contributed by atoms with Gasteiger partial charge in [0.05, 0.1) is 12.1 Å². The molecule has 0 bridgehead atoms. The fraction of sp³-hybridized carbons (Fsp3) is 0.300. The lowest BCUT2D eigenvalue weighted by atomic mass is 10.2. The zero-order valence-corrected chi connectivity index (χ0v) is 18.1. The van der Waals surface area contributed by atoms with E-state index in [1.807, 2.05) is 4.90 Å². The monoisotopic (exact) mass is 483 g/mol. The zero-order valence-electron chi connectivity index (χ0n) is 16.5. The number of aromatic nitrogens is 3. The van der Waals surface area contributed by atoms with Gasteiger partial charge in [-0.3, -0.25) is 9.69 Å². The van der Waals surface area contributed by atoms with Gasteiger partial charge in [0.25, 0.3) is 5.91 Å². The van der Waals surface area contributed by atoms with Crippen molar-refractivity contribution in [1.29, 1.82) is 0 Å². The number of piperazine rings is 1. The number of benzene rings is 1. The molecule has 0 spiro atoms. The molecule has 12 heteroatoms. The lowest BCUT2D eigenvalue weighted by molar-refractivity contribution is -0.0329. The molecule has 1 aliphatic heterocycles. The maximum Gasteiger partial charge on any atom is 0.447 e. The summed E-state index contributed by atoms with van der Waals surface area (Å²) in [6.07, 6.45) is 1.24. The molecule has 0 unspecified atom stereocenters. The normalized spacial score (nSPS) is 15.2. The largest absolute Gasteiger partial charge is 0.447 e. The number of carbonyl (C=O) groups excluding carboxylic acids is 1. The first-order valence-corrected chi connectivity index (χ1v) is 10.8. The minimum absolute atomic E-state index is 0.0483. The highest BCUT2D eigenvalue weighted by Gasteiger charge is 2.33. The molecule has 1 aliphatic rings. The van der Waals surface area contributed by atoms with Gasteiger partial charge in [0.2, 0.25) is 11.7 Å². The van der Waals surface area contributed by atoms with Crippen molar-refractivity contribution in [3.63, 3.8) is 0 Å². The number of hydrogen-bond acceptors (Lipinski definition) is 7. The second kappa shape index (κ2) is 9.47. The van der Waals surface area contributed by atoms with Crippen LogP contribution in [-0.2, 0) is 6.54 Å². The van der Waals surface area contributed by atoms with Gasteiger partial charge in [-0.05, 0) is 36.4 Å². The maximum atomic E-state index is 12.8. The van der Waals surface area contributed by atoms with Crippen molar-refractivity contribution < 1.29 is 22.5 Å². The van der Waals surface area contributed by atoms with Crippen molar-refractivity contribution in [3.05, 3.63) is 59.1 Å². The van der Waals surface area contributed by atoms with Gasteiger partial charge in [0, 0.05) is 54.7 Å². The molecular weight excluding hydrogens is 467 g/mol. The quantitative estimate of drug-likeness (QED) is 0.499.